The lowest BCUT2D eigenvalue weighted by molar-refractivity contribution is -0.127. The van der Waals surface area contributed by atoms with E-state index in [1.165, 1.54) is 0 Å². The third-order valence-electron chi connectivity index (χ3n) is 3.60. The van der Waals surface area contributed by atoms with Gasteiger partial charge in [-0.2, -0.15) is 5.26 Å². The Kier molecular flexibility index (Phi) is 5.53. The molecule has 1 fully saturated rings. The zero-order valence-corrected chi connectivity index (χ0v) is 12.3. The van der Waals surface area contributed by atoms with Gasteiger partial charge in [0.25, 0.3) is 0 Å². The minimum Gasteiger partial charge on any atom is -0.376 e. The predicted molar refractivity (Wildman–Crippen MR) is 81.4 cm³/mol. The van der Waals surface area contributed by atoms with E-state index >= 15 is 0 Å². The molecule has 1 aromatic carbocycles. The maximum Gasteiger partial charge on any atom is 0.246 e. The summed E-state index contributed by atoms with van der Waals surface area (Å²) in [6, 6.07) is 9.23. The van der Waals surface area contributed by atoms with E-state index in [2.05, 4.69) is 6.07 Å². The van der Waals surface area contributed by atoms with E-state index in [4.69, 9.17) is 10.00 Å². The van der Waals surface area contributed by atoms with E-state index < -0.39 is 0 Å². The average Bonchev–Trinajstić information content (AvgIpc) is 3.03. The molecular formula is C17H20N2O2. The second-order valence-electron chi connectivity index (χ2n) is 5.08. The highest BCUT2D eigenvalue weighted by atomic mass is 16.5. The number of carbonyl (C=O) groups is 1. The molecule has 1 amide bonds. The highest BCUT2D eigenvalue weighted by molar-refractivity contribution is 5.91. The van der Waals surface area contributed by atoms with Crippen LogP contribution < -0.4 is 0 Å². The SMILES string of the molecule is CCN(C[C@@H]1CCCO1)C(=O)/C=C\c1ccc(C#N)cc1. The Morgan fingerprint density at radius 1 is 1.48 bits per heavy atom. The molecule has 0 aliphatic carbocycles. The number of rotatable bonds is 5. The van der Waals surface area contributed by atoms with E-state index in [-0.39, 0.29) is 12.0 Å². The number of ether oxygens (including phenoxy) is 1. The van der Waals surface area contributed by atoms with Crippen molar-refractivity contribution in [3.05, 3.63) is 41.5 Å². The molecule has 110 valence electrons. The molecule has 0 spiro atoms. The van der Waals surface area contributed by atoms with E-state index in [9.17, 15) is 4.79 Å². The molecule has 1 aliphatic heterocycles. The number of hydrogen-bond donors (Lipinski definition) is 0. The highest BCUT2D eigenvalue weighted by Gasteiger charge is 2.20. The minimum atomic E-state index is -0.00244. The van der Waals surface area contributed by atoms with E-state index in [1.807, 2.05) is 19.1 Å². The molecule has 1 aliphatic rings. The first-order valence-corrected chi connectivity index (χ1v) is 7.31. The van der Waals surface area contributed by atoms with Crippen molar-refractivity contribution in [2.75, 3.05) is 19.7 Å². The molecule has 2 rings (SSSR count). The summed E-state index contributed by atoms with van der Waals surface area (Å²) in [5, 5.41) is 8.75. The van der Waals surface area contributed by atoms with Gasteiger partial charge in [0.2, 0.25) is 5.91 Å². The van der Waals surface area contributed by atoms with Gasteiger partial charge >= 0.3 is 0 Å². The van der Waals surface area contributed by atoms with Gasteiger partial charge in [-0.05, 0) is 43.5 Å². The first kappa shape index (κ1) is 15.3. The van der Waals surface area contributed by atoms with Crippen LogP contribution in [0.3, 0.4) is 0 Å². The van der Waals surface area contributed by atoms with E-state index in [0.29, 0.717) is 18.7 Å². The van der Waals surface area contributed by atoms with Gasteiger partial charge < -0.3 is 9.64 Å². The summed E-state index contributed by atoms with van der Waals surface area (Å²) in [5.41, 5.74) is 1.53. The predicted octanol–water partition coefficient (Wildman–Crippen LogP) is 2.60. The molecular weight excluding hydrogens is 264 g/mol. The van der Waals surface area contributed by atoms with Crippen molar-refractivity contribution in [2.24, 2.45) is 0 Å². The van der Waals surface area contributed by atoms with Crippen molar-refractivity contribution < 1.29 is 9.53 Å². The van der Waals surface area contributed by atoms with Gasteiger partial charge in [0, 0.05) is 25.8 Å². The summed E-state index contributed by atoms with van der Waals surface area (Å²) >= 11 is 0. The van der Waals surface area contributed by atoms with Crippen LogP contribution in [-0.4, -0.2) is 36.6 Å². The number of hydrogen-bond acceptors (Lipinski definition) is 3. The van der Waals surface area contributed by atoms with Gasteiger partial charge in [0.1, 0.15) is 0 Å². The highest BCUT2D eigenvalue weighted by Crippen LogP contribution is 2.14. The lowest BCUT2D eigenvalue weighted by Crippen LogP contribution is -2.36. The van der Waals surface area contributed by atoms with Crippen LogP contribution in [-0.2, 0) is 9.53 Å². The van der Waals surface area contributed by atoms with Crippen LogP contribution in [0, 0.1) is 11.3 Å². The van der Waals surface area contributed by atoms with E-state index in [1.54, 1.807) is 29.2 Å². The quantitative estimate of drug-likeness (QED) is 0.781. The Morgan fingerprint density at radius 2 is 2.24 bits per heavy atom. The van der Waals surface area contributed by atoms with E-state index in [0.717, 1.165) is 25.0 Å². The summed E-state index contributed by atoms with van der Waals surface area (Å²) in [4.78, 5) is 14.0. The number of amides is 1. The smallest absolute Gasteiger partial charge is 0.246 e. The Hall–Kier alpha value is -2.12. The van der Waals surface area contributed by atoms with Crippen LogP contribution in [0.2, 0.25) is 0 Å². The fourth-order valence-corrected chi connectivity index (χ4v) is 2.35. The van der Waals surface area contributed by atoms with Crippen LogP contribution >= 0.6 is 0 Å². The normalized spacial score (nSPS) is 17.8. The first-order valence-electron chi connectivity index (χ1n) is 7.31. The first-order chi connectivity index (χ1) is 10.2. The summed E-state index contributed by atoms with van der Waals surface area (Å²) in [7, 11) is 0. The summed E-state index contributed by atoms with van der Waals surface area (Å²) in [6.07, 6.45) is 5.65. The van der Waals surface area contributed by atoms with Crippen LogP contribution in [0.4, 0.5) is 0 Å². The Bertz CT molecular complexity index is 537. The van der Waals surface area contributed by atoms with Gasteiger partial charge in [0.05, 0.1) is 17.7 Å². The number of nitriles is 1. The van der Waals surface area contributed by atoms with Crippen LogP contribution in [0.25, 0.3) is 6.08 Å². The van der Waals surface area contributed by atoms with Crippen molar-refractivity contribution in [3.8, 4) is 6.07 Å². The second-order valence-corrected chi connectivity index (χ2v) is 5.08. The monoisotopic (exact) mass is 284 g/mol. The van der Waals surface area contributed by atoms with Crippen molar-refractivity contribution in [1.29, 1.82) is 5.26 Å². The van der Waals surface area contributed by atoms with Crippen molar-refractivity contribution in [3.63, 3.8) is 0 Å². The molecule has 0 aromatic heterocycles. The number of likely N-dealkylation sites (N-methyl/N-ethyl adjacent to an activating group) is 1. The zero-order chi connectivity index (χ0) is 15.1. The van der Waals surface area contributed by atoms with Crippen molar-refractivity contribution in [2.45, 2.75) is 25.9 Å². The molecule has 1 heterocycles. The maximum absolute atomic E-state index is 12.2. The van der Waals surface area contributed by atoms with Crippen molar-refractivity contribution >= 4 is 12.0 Å². The Labute approximate surface area is 125 Å². The minimum absolute atomic E-state index is 0.00244. The third-order valence-corrected chi connectivity index (χ3v) is 3.60. The standard InChI is InChI=1S/C17H20N2O2/c1-2-19(13-16-4-3-11-21-16)17(20)10-9-14-5-7-15(12-18)8-6-14/h5-10,16H,2-4,11,13H2,1H3/b10-9-/t16-/m0/s1. The molecule has 1 atom stereocenters. The van der Waals surface area contributed by atoms with Crippen LogP contribution in [0.15, 0.2) is 30.3 Å². The summed E-state index contributed by atoms with van der Waals surface area (Å²) in [6.45, 7) is 4.11. The topological polar surface area (TPSA) is 53.3 Å². The number of benzene rings is 1. The molecule has 0 bridgehead atoms. The van der Waals surface area contributed by atoms with Gasteiger partial charge in [-0.25, -0.2) is 0 Å². The third kappa shape index (κ3) is 4.44. The second kappa shape index (κ2) is 7.61. The zero-order valence-electron chi connectivity index (χ0n) is 12.3. The maximum atomic E-state index is 12.2. The lowest BCUT2D eigenvalue weighted by Gasteiger charge is -2.22. The van der Waals surface area contributed by atoms with Gasteiger partial charge in [-0.1, -0.05) is 12.1 Å². The molecule has 0 radical (unpaired) electrons. The number of nitrogens with zero attached hydrogens (tertiary/aromatic N) is 2. The fourth-order valence-electron chi connectivity index (χ4n) is 2.35. The molecule has 21 heavy (non-hydrogen) atoms. The van der Waals surface area contributed by atoms with Crippen LogP contribution in [0.1, 0.15) is 30.9 Å². The van der Waals surface area contributed by atoms with Crippen molar-refractivity contribution in [1.82, 2.24) is 4.90 Å². The molecule has 1 aromatic rings. The lowest BCUT2D eigenvalue weighted by atomic mass is 10.1. The molecule has 4 heteroatoms. The largest absolute Gasteiger partial charge is 0.376 e. The molecule has 4 nitrogen and oxygen atoms in total. The summed E-state index contributed by atoms with van der Waals surface area (Å²) < 4.78 is 5.58. The van der Waals surface area contributed by atoms with Gasteiger partial charge in [-0.3, -0.25) is 4.79 Å². The van der Waals surface area contributed by atoms with Gasteiger partial charge in [-0.15, -0.1) is 0 Å². The number of carbonyl (C=O) groups excluding carboxylic acids is 1. The molecule has 0 unspecified atom stereocenters. The Balaban J connectivity index is 1.93. The molecule has 1 saturated heterocycles. The summed E-state index contributed by atoms with van der Waals surface area (Å²) in [5.74, 6) is -0.00244. The molecule has 0 N–H and O–H groups in total. The van der Waals surface area contributed by atoms with Crippen LogP contribution in [0.5, 0.6) is 0 Å². The average molecular weight is 284 g/mol. The molecule has 0 saturated carbocycles. The van der Waals surface area contributed by atoms with Gasteiger partial charge in [0.15, 0.2) is 0 Å². The fraction of sp³-hybridized carbons (Fsp3) is 0.412. The Morgan fingerprint density at radius 3 is 2.81 bits per heavy atom.